The number of amides is 3. The molecule has 0 saturated carbocycles. The molecule has 1 aromatic rings. The molecule has 6 heteroatoms. The fourth-order valence-electron chi connectivity index (χ4n) is 2.77. The zero-order valence-corrected chi connectivity index (χ0v) is 11.5. The van der Waals surface area contributed by atoms with Gasteiger partial charge in [-0.1, -0.05) is 30.3 Å². The summed E-state index contributed by atoms with van der Waals surface area (Å²) in [5, 5.41) is 14.4. The summed E-state index contributed by atoms with van der Waals surface area (Å²) < 4.78 is 0. The first-order valence-electron chi connectivity index (χ1n) is 6.96. The maximum atomic E-state index is 12.5. The average Bonchev–Trinajstić information content (AvgIpc) is 2.81. The van der Waals surface area contributed by atoms with Crippen LogP contribution in [0, 0.1) is 0 Å². The summed E-state index contributed by atoms with van der Waals surface area (Å²) >= 11 is 0. The van der Waals surface area contributed by atoms with E-state index in [4.69, 9.17) is 5.11 Å². The van der Waals surface area contributed by atoms with Crippen molar-refractivity contribution >= 4 is 11.9 Å². The van der Waals surface area contributed by atoms with Gasteiger partial charge in [-0.15, -0.1) is 0 Å². The SMILES string of the molecule is O=C1NC2=C(C(=O)N(CCCO)C2)[C@@H](c2ccccc2)N1. The lowest BCUT2D eigenvalue weighted by Crippen LogP contribution is -2.44. The highest BCUT2D eigenvalue weighted by Crippen LogP contribution is 2.32. The number of benzene rings is 1. The molecule has 0 spiro atoms. The molecule has 0 radical (unpaired) electrons. The van der Waals surface area contributed by atoms with Crippen molar-refractivity contribution in [3.63, 3.8) is 0 Å². The molecule has 3 rings (SSSR count). The first-order chi connectivity index (χ1) is 10.2. The Morgan fingerprint density at radius 3 is 2.71 bits per heavy atom. The molecule has 0 fully saturated rings. The summed E-state index contributed by atoms with van der Waals surface area (Å²) in [5.41, 5.74) is 2.14. The predicted molar refractivity (Wildman–Crippen MR) is 76.2 cm³/mol. The Hall–Kier alpha value is -2.34. The minimum absolute atomic E-state index is 0.0428. The van der Waals surface area contributed by atoms with Gasteiger partial charge in [-0.3, -0.25) is 4.79 Å². The maximum Gasteiger partial charge on any atom is 0.319 e. The van der Waals surface area contributed by atoms with Crippen LogP contribution in [0.2, 0.25) is 0 Å². The van der Waals surface area contributed by atoms with Crippen LogP contribution < -0.4 is 10.6 Å². The van der Waals surface area contributed by atoms with E-state index in [-0.39, 0.29) is 18.5 Å². The fourth-order valence-corrected chi connectivity index (χ4v) is 2.77. The molecule has 2 aliphatic rings. The molecule has 2 heterocycles. The summed E-state index contributed by atoms with van der Waals surface area (Å²) in [6.45, 7) is 0.922. The molecule has 2 aliphatic heterocycles. The van der Waals surface area contributed by atoms with Crippen LogP contribution in [0.1, 0.15) is 18.0 Å². The summed E-state index contributed by atoms with van der Waals surface area (Å²) in [4.78, 5) is 26.0. The van der Waals surface area contributed by atoms with E-state index >= 15 is 0 Å². The third-order valence-electron chi connectivity index (χ3n) is 3.74. The Balaban J connectivity index is 1.90. The van der Waals surface area contributed by atoms with Gasteiger partial charge in [-0.2, -0.15) is 0 Å². The molecular weight excluding hydrogens is 270 g/mol. The van der Waals surface area contributed by atoms with Crippen LogP contribution in [0.25, 0.3) is 0 Å². The molecule has 6 nitrogen and oxygen atoms in total. The zero-order chi connectivity index (χ0) is 14.8. The lowest BCUT2D eigenvalue weighted by molar-refractivity contribution is -0.125. The third-order valence-corrected chi connectivity index (χ3v) is 3.74. The smallest absolute Gasteiger partial charge is 0.319 e. The lowest BCUT2D eigenvalue weighted by Gasteiger charge is -2.25. The summed E-state index contributed by atoms with van der Waals surface area (Å²) in [6.07, 6.45) is 0.531. The number of hydrogen-bond acceptors (Lipinski definition) is 3. The minimum atomic E-state index is -0.415. The third kappa shape index (κ3) is 2.50. The normalized spacial score (nSPS) is 21.2. The Morgan fingerprint density at radius 2 is 2.00 bits per heavy atom. The molecule has 0 aliphatic carbocycles. The Kier molecular flexibility index (Phi) is 3.62. The van der Waals surface area contributed by atoms with Gasteiger partial charge in [0.2, 0.25) is 0 Å². The van der Waals surface area contributed by atoms with Gasteiger partial charge in [0.1, 0.15) is 0 Å². The van der Waals surface area contributed by atoms with Gasteiger partial charge in [0.25, 0.3) is 5.91 Å². The first kappa shape index (κ1) is 13.6. The first-order valence-corrected chi connectivity index (χ1v) is 6.96. The predicted octanol–water partition coefficient (Wildman–Crippen LogP) is 0.519. The van der Waals surface area contributed by atoms with Crippen LogP contribution in [0.4, 0.5) is 4.79 Å². The average molecular weight is 287 g/mol. The van der Waals surface area contributed by atoms with Crippen LogP contribution in [-0.2, 0) is 4.79 Å². The highest BCUT2D eigenvalue weighted by Gasteiger charge is 2.39. The van der Waals surface area contributed by atoms with Crippen LogP contribution in [0.3, 0.4) is 0 Å². The maximum absolute atomic E-state index is 12.5. The van der Waals surface area contributed by atoms with Gasteiger partial charge in [0.15, 0.2) is 0 Å². The van der Waals surface area contributed by atoms with E-state index in [0.717, 1.165) is 5.56 Å². The Labute approximate surface area is 122 Å². The van der Waals surface area contributed by atoms with Crippen molar-refractivity contribution < 1.29 is 14.7 Å². The van der Waals surface area contributed by atoms with Gasteiger partial charge < -0.3 is 20.6 Å². The number of aliphatic hydroxyl groups is 1. The number of aliphatic hydroxyl groups excluding tert-OH is 1. The summed E-state index contributed by atoms with van der Waals surface area (Å²) in [6, 6.07) is 8.74. The van der Waals surface area contributed by atoms with E-state index in [1.807, 2.05) is 30.3 Å². The Morgan fingerprint density at radius 1 is 1.24 bits per heavy atom. The number of urea groups is 1. The van der Waals surface area contributed by atoms with E-state index in [0.29, 0.717) is 30.8 Å². The number of rotatable bonds is 4. The van der Waals surface area contributed by atoms with Crippen LogP contribution >= 0.6 is 0 Å². The number of carbonyl (C=O) groups is 2. The van der Waals surface area contributed by atoms with Crippen molar-refractivity contribution in [1.29, 1.82) is 0 Å². The van der Waals surface area contributed by atoms with Crippen LogP contribution in [-0.4, -0.2) is 41.6 Å². The molecule has 110 valence electrons. The second kappa shape index (κ2) is 5.57. The molecule has 3 amide bonds. The van der Waals surface area contributed by atoms with E-state index in [1.165, 1.54) is 0 Å². The van der Waals surface area contributed by atoms with Crippen molar-refractivity contribution in [2.75, 3.05) is 19.7 Å². The van der Waals surface area contributed by atoms with E-state index < -0.39 is 6.04 Å². The number of nitrogens with zero attached hydrogens (tertiary/aromatic N) is 1. The van der Waals surface area contributed by atoms with Crippen LogP contribution in [0.5, 0.6) is 0 Å². The van der Waals surface area contributed by atoms with E-state index in [2.05, 4.69) is 10.6 Å². The van der Waals surface area contributed by atoms with Crippen molar-refractivity contribution in [3.05, 3.63) is 47.2 Å². The molecule has 0 aromatic heterocycles. The largest absolute Gasteiger partial charge is 0.396 e. The number of carbonyl (C=O) groups excluding carboxylic acids is 2. The van der Waals surface area contributed by atoms with Gasteiger partial charge in [0.05, 0.1) is 23.9 Å². The topological polar surface area (TPSA) is 81.7 Å². The fraction of sp³-hybridized carbons (Fsp3) is 0.333. The van der Waals surface area contributed by atoms with Gasteiger partial charge >= 0.3 is 6.03 Å². The summed E-state index contributed by atoms with van der Waals surface area (Å²) in [5.74, 6) is -0.0835. The molecule has 1 atom stereocenters. The van der Waals surface area contributed by atoms with Crippen molar-refractivity contribution in [1.82, 2.24) is 15.5 Å². The minimum Gasteiger partial charge on any atom is -0.396 e. The van der Waals surface area contributed by atoms with Crippen molar-refractivity contribution in [2.24, 2.45) is 0 Å². The number of hydrogen-bond donors (Lipinski definition) is 3. The second-order valence-corrected chi connectivity index (χ2v) is 5.14. The van der Waals surface area contributed by atoms with Crippen molar-refractivity contribution in [2.45, 2.75) is 12.5 Å². The molecule has 21 heavy (non-hydrogen) atoms. The monoisotopic (exact) mass is 287 g/mol. The molecule has 0 saturated heterocycles. The zero-order valence-electron chi connectivity index (χ0n) is 11.5. The quantitative estimate of drug-likeness (QED) is 0.755. The molecule has 1 aromatic carbocycles. The second-order valence-electron chi connectivity index (χ2n) is 5.14. The Bertz CT molecular complexity index is 597. The highest BCUT2D eigenvalue weighted by atomic mass is 16.3. The van der Waals surface area contributed by atoms with Crippen LogP contribution in [0.15, 0.2) is 41.6 Å². The molecule has 3 N–H and O–H groups in total. The van der Waals surface area contributed by atoms with E-state index in [1.54, 1.807) is 4.90 Å². The van der Waals surface area contributed by atoms with Gasteiger partial charge in [-0.05, 0) is 12.0 Å². The highest BCUT2D eigenvalue weighted by molar-refractivity contribution is 6.01. The number of nitrogens with one attached hydrogen (secondary N) is 2. The van der Waals surface area contributed by atoms with Gasteiger partial charge in [0, 0.05) is 13.2 Å². The van der Waals surface area contributed by atoms with Gasteiger partial charge in [-0.25, -0.2) is 4.79 Å². The molecule has 0 unspecified atom stereocenters. The standard InChI is InChI=1S/C15H17N3O3/c19-8-4-7-18-9-11-12(14(18)20)13(17-15(21)16-11)10-5-2-1-3-6-10/h1-3,5-6,13,19H,4,7-9H2,(H2,16,17,21)/t13-/m1/s1. The molecular formula is C15H17N3O3. The summed E-state index contributed by atoms with van der Waals surface area (Å²) in [7, 11) is 0. The van der Waals surface area contributed by atoms with E-state index in [9.17, 15) is 9.59 Å². The lowest BCUT2D eigenvalue weighted by atomic mass is 9.96. The molecule has 0 bridgehead atoms. The van der Waals surface area contributed by atoms with Crippen molar-refractivity contribution in [3.8, 4) is 0 Å².